The van der Waals surface area contributed by atoms with Crippen molar-refractivity contribution in [3.05, 3.63) is 15.9 Å². The normalized spacial score (nSPS) is 12.6. The summed E-state index contributed by atoms with van der Waals surface area (Å²) in [7, 11) is 0. The Hall–Kier alpha value is -0.880. The van der Waals surface area contributed by atoms with Crippen molar-refractivity contribution in [1.82, 2.24) is 15.2 Å². The van der Waals surface area contributed by atoms with Crippen molar-refractivity contribution in [2.24, 2.45) is 11.8 Å². The zero-order valence-electron chi connectivity index (χ0n) is 9.04. The Balaban J connectivity index is 2.81. The molecule has 0 saturated carbocycles. The molecule has 1 aromatic rings. The van der Waals surface area contributed by atoms with Crippen LogP contribution < -0.4 is 11.3 Å². The predicted octanol–water partition coefficient (Wildman–Crippen LogP) is 0.888. The van der Waals surface area contributed by atoms with Crippen LogP contribution in [0, 0.1) is 19.8 Å². The number of nitrogens with one attached hydrogen (secondary N) is 1. The molecule has 0 aliphatic rings. The van der Waals surface area contributed by atoms with Crippen molar-refractivity contribution in [2.45, 2.75) is 27.3 Å². The van der Waals surface area contributed by atoms with Crippen molar-refractivity contribution in [3.63, 3.8) is 0 Å². The molecule has 0 fully saturated rings. The van der Waals surface area contributed by atoms with Gasteiger partial charge in [-0.05, 0) is 29.8 Å². The van der Waals surface area contributed by atoms with E-state index in [0.717, 1.165) is 15.9 Å². The molecule has 5 nitrogen and oxygen atoms in total. The van der Waals surface area contributed by atoms with Crippen molar-refractivity contribution in [3.8, 4) is 0 Å². The minimum atomic E-state index is -0.195. The third kappa shape index (κ3) is 2.57. The maximum atomic E-state index is 11.2. The lowest BCUT2D eigenvalue weighted by Gasteiger charge is -2.10. The summed E-state index contributed by atoms with van der Waals surface area (Å²) in [6.45, 7) is 6.21. The number of carbonyl (C=O) groups is 1. The van der Waals surface area contributed by atoms with E-state index in [1.165, 1.54) is 0 Å². The smallest absolute Gasteiger partial charge is 0.238 e. The lowest BCUT2D eigenvalue weighted by Crippen LogP contribution is -2.36. The van der Waals surface area contributed by atoms with Crippen LogP contribution in [0.15, 0.2) is 4.47 Å². The Labute approximate surface area is 97.1 Å². The van der Waals surface area contributed by atoms with Crippen LogP contribution in [0.25, 0.3) is 0 Å². The molecule has 15 heavy (non-hydrogen) atoms. The molecule has 0 radical (unpaired) electrons. The highest BCUT2D eigenvalue weighted by Gasteiger charge is 2.15. The van der Waals surface area contributed by atoms with Crippen molar-refractivity contribution in [1.29, 1.82) is 0 Å². The summed E-state index contributed by atoms with van der Waals surface area (Å²) < 4.78 is 2.79. The van der Waals surface area contributed by atoms with Gasteiger partial charge in [0.15, 0.2) is 0 Å². The minimum Gasteiger partial charge on any atom is -0.294 e. The summed E-state index contributed by atoms with van der Waals surface area (Å²) in [5.41, 5.74) is 4.08. The quantitative estimate of drug-likeness (QED) is 0.489. The van der Waals surface area contributed by atoms with Gasteiger partial charge in [0.2, 0.25) is 5.91 Å². The number of carbonyl (C=O) groups excluding carboxylic acids is 1. The van der Waals surface area contributed by atoms with Gasteiger partial charge in [0.05, 0.1) is 22.6 Å². The van der Waals surface area contributed by atoms with Gasteiger partial charge in [0, 0.05) is 5.69 Å². The molecule has 1 heterocycles. The second-order valence-electron chi connectivity index (χ2n) is 3.58. The van der Waals surface area contributed by atoms with Gasteiger partial charge in [-0.25, -0.2) is 5.84 Å². The number of nitrogens with zero attached hydrogens (tertiary/aromatic N) is 2. The number of rotatable bonds is 3. The SMILES string of the molecule is Cc1nn(CC(C)C(=O)NN)c(C)c1Br. The monoisotopic (exact) mass is 274 g/mol. The molecule has 84 valence electrons. The van der Waals surface area contributed by atoms with Crippen molar-refractivity contribution < 1.29 is 4.79 Å². The molecule has 3 N–H and O–H groups in total. The number of nitrogens with two attached hydrogens (primary N) is 1. The number of hydrogen-bond donors (Lipinski definition) is 2. The molecule has 1 amide bonds. The number of hydrazine groups is 1. The van der Waals surface area contributed by atoms with Gasteiger partial charge in [-0.3, -0.25) is 14.9 Å². The van der Waals surface area contributed by atoms with E-state index in [0.29, 0.717) is 6.54 Å². The van der Waals surface area contributed by atoms with E-state index >= 15 is 0 Å². The molecule has 0 aliphatic carbocycles. The second-order valence-corrected chi connectivity index (χ2v) is 4.37. The molecular weight excluding hydrogens is 260 g/mol. The summed E-state index contributed by atoms with van der Waals surface area (Å²) >= 11 is 3.44. The third-order valence-electron chi connectivity index (χ3n) is 2.33. The largest absolute Gasteiger partial charge is 0.294 e. The van der Waals surface area contributed by atoms with E-state index in [-0.39, 0.29) is 11.8 Å². The van der Waals surface area contributed by atoms with Crippen LogP contribution in [-0.2, 0) is 11.3 Å². The summed E-state index contributed by atoms with van der Waals surface area (Å²) in [6, 6.07) is 0. The van der Waals surface area contributed by atoms with Crippen molar-refractivity contribution >= 4 is 21.8 Å². The highest BCUT2D eigenvalue weighted by atomic mass is 79.9. The fourth-order valence-corrected chi connectivity index (χ4v) is 1.62. The van der Waals surface area contributed by atoms with Gasteiger partial charge in [0.25, 0.3) is 0 Å². The fraction of sp³-hybridized carbons (Fsp3) is 0.556. The molecule has 6 heteroatoms. The summed E-state index contributed by atoms with van der Waals surface area (Å²) in [5, 5.41) is 4.32. The Morgan fingerprint density at radius 3 is 2.67 bits per heavy atom. The molecule has 1 rings (SSSR count). The molecule has 0 bridgehead atoms. The van der Waals surface area contributed by atoms with E-state index in [2.05, 4.69) is 26.5 Å². The molecule has 1 unspecified atom stereocenters. The summed E-state index contributed by atoms with van der Waals surface area (Å²) in [4.78, 5) is 11.2. The number of hydrogen-bond acceptors (Lipinski definition) is 3. The number of halogens is 1. The highest BCUT2D eigenvalue weighted by Crippen LogP contribution is 2.20. The first-order valence-electron chi connectivity index (χ1n) is 4.67. The fourth-order valence-electron chi connectivity index (χ4n) is 1.34. The Bertz CT molecular complexity index is 374. The summed E-state index contributed by atoms with van der Waals surface area (Å²) in [6.07, 6.45) is 0. The standard InChI is InChI=1S/C9H15BrN4O/c1-5(9(15)12-11)4-14-7(3)8(10)6(2)13-14/h5H,4,11H2,1-3H3,(H,12,15). The van der Waals surface area contributed by atoms with Crippen LogP contribution in [-0.4, -0.2) is 15.7 Å². The van der Waals surface area contributed by atoms with Gasteiger partial charge in [-0.2, -0.15) is 5.10 Å². The van der Waals surface area contributed by atoms with Gasteiger partial charge in [0.1, 0.15) is 0 Å². The Morgan fingerprint density at radius 2 is 2.27 bits per heavy atom. The van der Waals surface area contributed by atoms with E-state index in [9.17, 15) is 4.79 Å². The van der Waals surface area contributed by atoms with Crippen molar-refractivity contribution in [2.75, 3.05) is 0 Å². The van der Waals surface area contributed by atoms with Crippen LogP contribution in [0.5, 0.6) is 0 Å². The Morgan fingerprint density at radius 1 is 1.67 bits per heavy atom. The van der Waals surface area contributed by atoms with Gasteiger partial charge >= 0.3 is 0 Å². The third-order valence-corrected chi connectivity index (χ3v) is 3.48. The number of aromatic nitrogens is 2. The van der Waals surface area contributed by atoms with Gasteiger partial charge in [-0.15, -0.1) is 0 Å². The van der Waals surface area contributed by atoms with Crippen LogP contribution in [0.3, 0.4) is 0 Å². The zero-order chi connectivity index (χ0) is 11.6. The maximum Gasteiger partial charge on any atom is 0.238 e. The van der Waals surface area contributed by atoms with Gasteiger partial charge < -0.3 is 0 Å². The van der Waals surface area contributed by atoms with E-state index in [4.69, 9.17) is 5.84 Å². The molecule has 1 aromatic heterocycles. The van der Waals surface area contributed by atoms with E-state index < -0.39 is 0 Å². The first kappa shape index (κ1) is 12.2. The molecule has 0 aliphatic heterocycles. The topological polar surface area (TPSA) is 72.9 Å². The zero-order valence-corrected chi connectivity index (χ0v) is 10.6. The predicted molar refractivity (Wildman–Crippen MR) is 60.9 cm³/mol. The average molecular weight is 275 g/mol. The first-order valence-corrected chi connectivity index (χ1v) is 5.46. The maximum absolute atomic E-state index is 11.2. The van der Waals surface area contributed by atoms with Crippen LogP contribution in [0.4, 0.5) is 0 Å². The van der Waals surface area contributed by atoms with Crippen LogP contribution in [0.2, 0.25) is 0 Å². The first-order chi connectivity index (χ1) is 6.97. The average Bonchev–Trinajstić information content (AvgIpc) is 2.45. The van der Waals surface area contributed by atoms with Crippen LogP contribution in [0.1, 0.15) is 18.3 Å². The molecule has 0 saturated heterocycles. The molecule has 0 spiro atoms. The van der Waals surface area contributed by atoms with Crippen LogP contribution >= 0.6 is 15.9 Å². The lowest BCUT2D eigenvalue weighted by molar-refractivity contribution is -0.125. The van der Waals surface area contributed by atoms with E-state index in [1.807, 2.05) is 20.8 Å². The minimum absolute atomic E-state index is 0.182. The highest BCUT2D eigenvalue weighted by molar-refractivity contribution is 9.10. The van der Waals surface area contributed by atoms with Gasteiger partial charge in [-0.1, -0.05) is 6.92 Å². The molecule has 1 atom stereocenters. The number of aryl methyl sites for hydroxylation is 1. The second kappa shape index (κ2) is 4.76. The van der Waals surface area contributed by atoms with E-state index in [1.54, 1.807) is 4.68 Å². The summed E-state index contributed by atoms with van der Waals surface area (Å²) in [5.74, 6) is 4.68. The molecule has 0 aromatic carbocycles. The lowest BCUT2D eigenvalue weighted by atomic mass is 10.2. The number of amides is 1. The Kier molecular flexibility index (Phi) is 3.87. The molecular formula is C9H15BrN4O.